The fourth-order valence-corrected chi connectivity index (χ4v) is 5.56. The van der Waals surface area contributed by atoms with Crippen LogP contribution in [0.2, 0.25) is 0 Å². The lowest BCUT2D eigenvalue weighted by Gasteiger charge is -2.11. The Labute approximate surface area is 183 Å². The SMILES string of the molecule is CCOC(=O)c1c(NC(=O)CSc2nc3ccccc3o2)sc2c1CCCCCC2. The number of rotatable bonds is 6. The predicted molar refractivity (Wildman–Crippen MR) is 120 cm³/mol. The van der Waals surface area contributed by atoms with E-state index in [9.17, 15) is 9.59 Å². The maximum Gasteiger partial charge on any atom is 0.341 e. The number of benzene rings is 1. The van der Waals surface area contributed by atoms with E-state index in [2.05, 4.69) is 10.3 Å². The second-order valence-electron chi connectivity index (χ2n) is 7.13. The topological polar surface area (TPSA) is 81.4 Å². The number of nitrogens with zero attached hydrogens (tertiary/aromatic N) is 1. The van der Waals surface area contributed by atoms with Crippen LogP contribution in [0.15, 0.2) is 33.9 Å². The molecular weight excluding hydrogens is 420 g/mol. The van der Waals surface area contributed by atoms with Crippen LogP contribution < -0.4 is 5.32 Å². The van der Waals surface area contributed by atoms with Gasteiger partial charge in [0.05, 0.1) is 17.9 Å². The first-order chi connectivity index (χ1) is 14.7. The Balaban J connectivity index is 1.49. The zero-order chi connectivity index (χ0) is 20.9. The lowest BCUT2D eigenvalue weighted by atomic mass is 9.96. The van der Waals surface area contributed by atoms with E-state index in [-0.39, 0.29) is 17.6 Å². The van der Waals surface area contributed by atoms with Crippen molar-refractivity contribution in [2.75, 3.05) is 17.7 Å². The highest BCUT2D eigenvalue weighted by atomic mass is 32.2. The lowest BCUT2D eigenvalue weighted by molar-refractivity contribution is -0.113. The van der Waals surface area contributed by atoms with Gasteiger partial charge in [0, 0.05) is 4.88 Å². The zero-order valence-corrected chi connectivity index (χ0v) is 18.5. The molecule has 1 amide bonds. The third-order valence-corrected chi connectivity index (χ3v) is 7.04. The summed E-state index contributed by atoms with van der Waals surface area (Å²) in [7, 11) is 0. The first-order valence-electron chi connectivity index (χ1n) is 10.3. The molecule has 2 heterocycles. The lowest BCUT2D eigenvalue weighted by Crippen LogP contribution is -2.17. The number of nitrogens with one attached hydrogen (secondary N) is 1. The van der Waals surface area contributed by atoms with Gasteiger partial charge in [0.1, 0.15) is 10.5 Å². The Kier molecular flexibility index (Phi) is 6.74. The van der Waals surface area contributed by atoms with Gasteiger partial charge in [0.2, 0.25) is 5.91 Å². The highest BCUT2D eigenvalue weighted by Crippen LogP contribution is 2.37. The van der Waals surface area contributed by atoms with Gasteiger partial charge in [0.15, 0.2) is 5.58 Å². The van der Waals surface area contributed by atoms with Crippen molar-refractivity contribution >= 4 is 51.1 Å². The van der Waals surface area contributed by atoms with Gasteiger partial charge in [-0.15, -0.1) is 11.3 Å². The van der Waals surface area contributed by atoms with Crippen molar-refractivity contribution in [1.29, 1.82) is 0 Å². The number of carbonyl (C=O) groups is 2. The van der Waals surface area contributed by atoms with Crippen LogP contribution in [0.3, 0.4) is 0 Å². The van der Waals surface area contributed by atoms with Gasteiger partial charge in [-0.3, -0.25) is 4.79 Å². The minimum Gasteiger partial charge on any atom is -0.462 e. The molecule has 2 aromatic heterocycles. The molecule has 0 atom stereocenters. The second kappa shape index (κ2) is 9.66. The first-order valence-corrected chi connectivity index (χ1v) is 12.1. The highest BCUT2D eigenvalue weighted by Gasteiger charge is 2.26. The molecule has 0 spiro atoms. The monoisotopic (exact) mass is 444 g/mol. The van der Waals surface area contributed by atoms with Crippen LogP contribution in [0.1, 0.15) is 53.4 Å². The van der Waals surface area contributed by atoms with Crippen LogP contribution in [0.5, 0.6) is 0 Å². The number of oxazole rings is 1. The largest absolute Gasteiger partial charge is 0.462 e. The maximum atomic E-state index is 12.7. The van der Waals surface area contributed by atoms with Crippen LogP contribution >= 0.6 is 23.1 Å². The number of ether oxygens (including phenoxy) is 1. The maximum absolute atomic E-state index is 12.7. The molecule has 8 heteroatoms. The van der Waals surface area contributed by atoms with E-state index < -0.39 is 0 Å². The van der Waals surface area contributed by atoms with Crippen molar-refractivity contribution in [3.8, 4) is 0 Å². The van der Waals surface area contributed by atoms with E-state index in [1.165, 1.54) is 40.8 Å². The van der Waals surface area contributed by atoms with Gasteiger partial charge < -0.3 is 14.5 Å². The molecule has 1 N–H and O–H groups in total. The molecule has 1 aliphatic carbocycles. The minimum absolute atomic E-state index is 0.150. The Morgan fingerprint density at radius 3 is 2.80 bits per heavy atom. The fourth-order valence-electron chi connectivity index (χ4n) is 3.63. The number of hydrogen-bond donors (Lipinski definition) is 1. The minimum atomic E-state index is -0.350. The van der Waals surface area contributed by atoms with Gasteiger partial charge in [-0.05, 0) is 50.3 Å². The van der Waals surface area contributed by atoms with E-state index in [0.29, 0.717) is 28.0 Å². The first kappa shape index (κ1) is 20.9. The summed E-state index contributed by atoms with van der Waals surface area (Å²) in [6, 6.07) is 7.50. The number of esters is 1. The molecule has 0 radical (unpaired) electrons. The Hall–Kier alpha value is -2.32. The molecule has 0 saturated heterocycles. The molecule has 158 valence electrons. The zero-order valence-electron chi connectivity index (χ0n) is 16.9. The average molecular weight is 445 g/mol. The van der Waals surface area contributed by atoms with Crippen LogP contribution in [0, 0.1) is 0 Å². The summed E-state index contributed by atoms with van der Waals surface area (Å²) in [4.78, 5) is 30.9. The van der Waals surface area contributed by atoms with Crippen LogP contribution in [0.25, 0.3) is 11.1 Å². The van der Waals surface area contributed by atoms with Crippen molar-refractivity contribution in [2.45, 2.75) is 50.7 Å². The molecule has 1 aromatic carbocycles. The third-order valence-electron chi connectivity index (χ3n) is 5.00. The second-order valence-corrected chi connectivity index (χ2v) is 9.16. The normalized spacial score (nSPS) is 14.0. The number of anilines is 1. The Morgan fingerprint density at radius 1 is 1.20 bits per heavy atom. The van der Waals surface area contributed by atoms with Crippen molar-refractivity contribution in [1.82, 2.24) is 4.98 Å². The summed E-state index contributed by atoms with van der Waals surface area (Å²) in [5.41, 5.74) is 3.06. The number of hydrogen-bond acceptors (Lipinski definition) is 7. The fraction of sp³-hybridized carbons (Fsp3) is 0.409. The summed E-state index contributed by atoms with van der Waals surface area (Å²) in [5.74, 6) is -0.392. The predicted octanol–water partition coefficient (Wildman–Crippen LogP) is 5.46. The number of aromatic nitrogens is 1. The van der Waals surface area contributed by atoms with E-state index in [4.69, 9.17) is 9.15 Å². The van der Waals surface area contributed by atoms with E-state index >= 15 is 0 Å². The summed E-state index contributed by atoms with van der Waals surface area (Å²) in [6.07, 6.45) is 6.33. The molecule has 0 saturated carbocycles. The molecular formula is C22H24N2O4S2. The number of carbonyl (C=O) groups excluding carboxylic acids is 2. The van der Waals surface area contributed by atoms with Crippen LogP contribution in [-0.4, -0.2) is 29.2 Å². The number of fused-ring (bicyclic) bond motifs is 2. The van der Waals surface area contributed by atoms with Crippen LogP contribution in [-0.2, 0) is 22.4 Å². The third kappa shape index (κ3) is 4.70. The summed E-state index contributed by atoms with van der Waals surface area (Å²) in [5, 5.41) is 3.99. The molecule has 4 rings (SSSR count). The van der Waals surface area contributed by atoms with Gasteiger partial charge in [0.25, 0.3) is 5.22 Å². The highest BCUT2D eigenvalue weighted by molar-refractivity contribution is 7.99. The Bertz CT molecular complexity index is 1020. The van der Waals surface area contributed by atoms with Crippen molar-refractivity contribution in [2.24, 2.45) is 0 Å². The molecule has 6 nitrogen and oxygen atoms in total. The molecule has 0 aliphatic heterocycles. The standard InChI is InChI=1S/C22H24N2O4S2/c1-2-27-21(26)19-14-9-5-3-4-6-12-17(14)30-20(19)24-18(25)13-29-22-23-15-10-7-8-11-16(15)28-22/h7-8,10-11H,2-6,9,12-13H2,1H3,(H,24,25). The number of thioether (sulfide) groups is 1. The molecule has 30 heavy (non-hydrogen) atoms. The van der Waals surface area contributed by atoms with Gasteiger partial charge in [-0.1, -0.05) is 36.7 Å². The van der Waals surface area contributed by atoms with Crippen molar-refractivity contribution in [3.63, 3.8) is 0 Å². The molecule has 0 unspecified atom stereocenters. The molecule has 0 fully saturated rings. The van der Waals surface area contributed by atoms with Gasteiger partial charge in [-0.25, -0.2) is 9.78 Å². The average Bonchev–Trinajstić information content (AvgIpc) is 3.27. The number of para-hydroxylation sites is 2. The van der Waals surface area contributed by atoms with E-state index in [1.54, 1.807) is 6.92 Å². The summed E-state index contributed by atoms with van der Waals surface area (Å²) >= 11 is 2.75. The number of thiophene rings is 1. The van der Waals surface area contributed by atoms with Crippen molar-refractivity contribution in [3.05, 3.63) is 40.3 Å². The Morgan fingerprint density at radius 2 is 2.00 bits per heavy atom. The summed E-state index contributed by atoms with van der Waals surface area (Å²) in [6.45, 7) is 2.10. The van der Waals surface area contributed by atoms with Gasteiger partial charge >= 0.3 is 5.97 Å². The number of amides is 1. The molecule has 1 aliphatic rings. The van der Waals surface area contributed by atoms with E-state index in [1.807, 2.05) is 24.3 Å². The molecule has 3 aromatic rings. The van der Waals surface area contributed by atoms with Gasteiger partial charge in [-0.2, -0.15) is 0 Å². The molecule has 0 bridgehead atoms. The van der Waals surface area contributed by atoms with Crippen molar-refractivity contribution < 1.29 is 18.7 Å². The quantitative estimate of drug-likeness (QED) is 0.402. The summed E-state index contributed by atoms with van der Waals surface area (Å²) < 4.78 is 11.0. The number of aryl methyl sites for hydroxylation is 1. The van der Waals surface area contributed by atoms with E-state index in [0.717, 1.165) is 36.8 Å². The van der Waals surface area contributed by atoms with Crippen LogP contribution in [0.4, 0.5) is 5.00 Å². The smallest absolute Gasteiger partial charge is 0.341 e.